The average molecular weight is 243 g/mol. The Balaban J connectivity index is 2.19. The molecule has 0 radical (unpaired) electrons. The second kappa shape index (κ2) is 3.77. The van der Waals surface area contributed by atoms with Crippen LogP contribution in [0, 0.1) is 13.8 Å². The van der Waals surface area contributed by atoms with Crippen molar-refractivity contribution in [1.82, 2.24) is 9.78 Å². The van der Waals surface area contributed by atoms with Crippen LogP contribution in [0.1, 0.15) is 35.6 Å². The van der Waals surface area contributed by atoms with Gasteiger partial charge in [0, 0.05) is 5.92 Å². The summed E-state index contributed by atoms with van der Waals surface area (Å²) in [4.78, 5) is 12.2. The van der Waals surface area contributed by atoms with Crippen molar-refractivity contribution in [1.29, 1.82) is 0 Å². The van der Waals surface area contributed by atoms with E-state index in [9.17, 15) is 4.79 Å². The van der Waals surface area contributed by atoms with E-state index in [0.29, 0.717) is 11.6 Å². The Bertz CT molecular complexity index is 662. The first-order valence-electron chi connectivity index (χ1n) is 6.26. The van der Waals surface area contributed by atoms with Crippen molar-refractivity contribution in [2.75, 3.05) is 5.73 Å². The van der Waals surface area contributed by atoms with Crippen LogP contribution in [0.15, 0.2) is 23.0 Å². The van der Waals surface area contributed by atoms with E-state index in [-0.39, 0.29) is 5.56 Å². The number of hydrogen-bond donors (Lipinski definition) is 2. The Kier molecular flexibility index (Phi) is 2.33. The number of aromatic nitrogens is 2. The molecule has 0 atom stereocenters. The molecule has 18 heavy (non-hydrogen) atoms. The summed E-state index contributed by atoms with van der Waals surface area (Å²) >= 11 is 0. The molecule has 1 aliphatic rings. The third-order valence-corrected chi connectivity index (χ3v) is 3.55. The number of aromatic amines is 1. The minimum Gasteiger partial charge on any atom is -0.393 e. The predicted molar refractivity (Wildman–Crippen MR) is 72.3 cm³/mol. The third-order valence-electron chi connectivity index (χ3n) is 3.55. The normalized spacial score (nSPS) is 15.0. The lowest BCUT2D eigenvalue weighted by Gasteiger charge is -2.07. The van der Waals surface area contributed by atoms with Crippen molar-refractivity contribution < 1.29 is 0 Å². The van der Waals surface area contributed by atoms with Crippen molar-refractivity contribution in [2.45, 2.75) is 32.6 Å². The minimum absolute atomic E-state index is 0.134. The maximum Gasteiger partial charge on any atom is 0.294 e. The topological polar surface area (TPSA) is 63.8 Å². The first-order valence-corrected chi connectivity index (χ1v) is 6.26. The van der Waals surface area contributed by atoms with Gasteiger partial charge in [0.15, 0.2) is 0 Å². The average Bonchev–Trinajstić information content (AvgIpc) is 3.13. The third kappa shape index (κ3) is 1.65. The summed E-state index contributed by atoms with van der Waals surface area (Å²) in [5, 5.41) is 3.18. The number of nitrogens with two attached hydrogens (primary N) is 1. The fourth-order valence-corrected chi connectivity index (χ4v) is 2.28. The summed E-state index contributed by atoms with van der Waals surface area (Å²) in [6.07, 6.45) is 2.24. The molecule has 1 saturated carbocycles. The van der Waals surface area contributed by atoms with Gasteiger partial charge in [0.25, 0.3) is 5.56 Å². The second-order valence-corrected chi connectivity index (χ2v) is 5.14. The molecule has 1 heterocycles. The van der Waals surface area contributed by atoms with Gasteiger partial charge in [-0.2, -0.15) is 0 Å². The number of nitrogens with zero attached hydrogens (tertiary/aromatic N) is 1. The van der Waals surface area contributed by atoms with E-state index in [4.69, 9.17) is 5.73 Å². The van der Waals surface area contributed by atoms with Gasteiger partial charge in [-0.1, -0.05) is 12.1 Å². The lowest BCUT2D eigenvalue weighted by Crippen LogP contribution is -2.17. The highest BCUT2D eigenvalue weighted by molar-refractivity contribution is 5.50. The molecule has 0 amide bonds. The first-order chi connectivity index (χ1) is 8.58. The quantitative estimate of drug-likeness (QED) is 0.849. The zero-order valence-corrected chi connectivity index (χ0v) is 10.7. The van der Waals surface area contributed by atoms with Gasteiger partial charge in [0.2, 0.25) is 0 Å². The molecule has 0 bridgehead atoms. The number of rotatable bonds is 2. The van der Waals surface area contributed by atoms with Crippen molar-refractivity contribution in [3.8, 4) is 5.69 Å². The summed E-state index contributed by atoms with van der Waals surface area (Å²) in [7, 11) is 0. The van der Waals surface area contributed by atoms with E-state index in [2.05, 4.69) is 5.10 Å². The Labute approximate surface area is 105 Å². The molecule has 0 unspecified atom stereocenters. The molecule has 3 N–H and O–H groups in total. The largest absolute Gasteiger partial charge is 0.393 e. The van der Waals surface area contributed by atoms with Crippen LogP contribution in [0.3, 0.4) is 0 Å². The van der Waals surface area contributed by atoms with Gasteiger partial charge in [0.05, 0.1) is 11.4 Å². The molecule has 94 valence electrons. The van der Waals surface area contributed by atoms with Gasteiger partial charge in [-0.3, -0.25) is 9.89 Å². The van der Waals surface area contributed by atoms with E-state index in [1.807, 2.05) is 32.0 Å². The molecule has 1 aliphatic carbocycles. The molecule has 4 nitrogen and oxygen atoms in total. The molecule has 0 saturated heterocycles. The Morgan fingerprint density at radius 3 is 2.72 bits per heavy atom. The molecule has 0 aliphatic heterocycles. The van der Waals surface area contributed by atoms with Crippen molar-refractivity contribution in [3.63, 3.8) is 0 Å². The zero-order valence-electron chi connectivity index (χ0n) is 10.7. The van der Waals surface area contributed by atoms with Crippen LogP contribution in [0.2, 0.25) is 0 Å². The predicted octanol–water partition coefficient (Wildman–Crippen LogP) is 2.24. The number of nitrogen functional groups attached to an aromatic ring is 1. The maximum absolute atomic E-state index is 12.2. The van der Waals surface area contributed by atoms with E-state index >= 15 is 0 Å². The van der Waals surface area contributed by atoms with Crippen LogP contribution in [-0.2, 0) is 0 Å². The van der Waals surface area contributed by atoms with Gasteiger partial charge in [0.1, 0.15) is 5.69 Å². The Hall–Kier alpha value is -1.97. The van der Waals surface area contributed by atoms with Gasteiger partial charge in [-0.15, -0.1) is 0 Å². The summed E-state index contributed by atoms with van der Waals surface area (Å²) in [5.41, 5.74) is 10.1. The van der Waals surface area contributed by atoms with Gasteiger partial charge < -0.3 is 5.73 Å². The highest BCUT2D eigenvalue weighted by Gasteiger charge is 2.29. The second-order valence-electron chi connectivity index (χ2n) is 5.14. The van der Waals surface area contributed by atoms with Crippen molar-refractivity contribution in [3.05, 3.63) is 45.4 Å². The molecule has 0 spiro atoms. The number of aryl methyl sites for hydroxylation is 2. The lowest BCUT2D eigenvalue weighted by atomic mass is 10.1. The van der Waals surface area contributed by atoms with Crippen LogP contribution in [0.4, 0.5) is 5.69 Å². The van der Waals surface area contributed by atoms with Gasteiger partial charge in [-0.25, -0.2) is 4.68 Å². The summed E-state index contributed by atoms with van der Waals surface area (Å²) in [5.74, 6) is 0.448. The Morgan fingerprint density at radius 2 is 2.06 bits per heavy atom. The molecule has 3 rings (SSSR count). The summed E-state index contributed by atoms with van der Waals surface area (Å²) in [6, 6.07) is 6.06. The number of benzene rings is 1. The number of H-pyrrole nitrogens is 1. The number of nitrogens with one attached hydrogen (secondary N) is 1. The molecule has 2 aromatic rings. The van der Waals surface area contributed by atoms with Crippen LogP contribution in [-0.4, -0.2) is 9.78 Å². The van der Waals surface area contributed by atoms with E-state index in [1.54, 1.807) is 4.68 Å². The molecular weight excluding hydrogens is 226 g/mol. The van der Waals surface area contributed by atoms with Crippen LogP contribution >= 0.6 is 0 Å². The van der Waals surface area contributed by atoms with Gasteiger partial charge in [-0.05, 0) is 43.9 Å². The first kappa shape index (κ1) is 11.1. The molecular formula is C14H17N3O. The summed E-state index contributed by atoms with van der Waals surface area (Å²) in [6.45, 7) is 4.01. The van der Waals surface area contributed by atoms with E-state index < -0.39 is 0 Å². The molecule has 1 aromatic heterocycles. The van der Waals surface area contributed by atoms with E-state index in [1.165, 1.54) is 0 Å². The van der Waals surface area contributed by atoms with Crippen molar-refractivity contribution in [2.24, 2.45) is 0 Å². The SMILES string of the molecule is Cc1ccc(C)c(-n2[nH]c(C3CC3)c(N)c2=O)c1. The van der Waals surface area contributed by atoms with Crippen molar-refractivity contribution >= 4 is 5.69 Å². The fraction of sp³-hybridized carbons (Fsp3) is 0.357. The zero-order chi connectivity index (χ0) is 12.9. The lowest BCUT2D eigenvalue weighted by molar-refractivity contribution is 0.810. The number of hydrogen-bond acceptors (Lipinski definition) is 2. The highest BCUT2D eigenvalue weighted by atomic mass is 16.1. The number of anilines is 1. The molecule has 1 aromatic carbocycles. The molecule has 1 fully saturated rings. The van der Waals surface area contributed by atoms with Crippen LogP contribution in [0.5, 0.6) is 0 Å². The minimum atomic E-state index is -0.134. The van der Waals surface area contributed by atoms with Crippen LogP contribution < -0.4 is 11.3 Å². The van der Waals surface area contributed by atoms with E-state index in [0.717, 1.165) is 35.3 Å². The smallest absolute Gasteiger partial charge is 0.294 e. The highest BCUT2D eigenvalue weighted by Crippen LogP contribution is 2.40. The van der Waals surface area contributed by atoms with Crippen LogP contribution in [0.25, 0.3) is 5.69 Å². The Morgan fingerprint density at radius 1 is 1.33 bits per heavy atom. The molecule has 4 heteroatoms. The van der Waals surface area contributed by atoms with Gasteiger partial charge >= 0.3 is 0 Å². The maximum atomic E-state index is 12.2. The monoisotopic (exact) mass is 243 g/mol. The standard InChI is InChI=1S/C14H17N3O/c1-8-3-4-9(2)11(7-8)17-14(18)12(15)13(16-17)10-5-6-10/h3-4,7,10,16H,5-6,15H2,1-2H3. The summed E-state index contributed by atoms with van der Waals surface area (Å²) < 4.78 is 1.57. The fourth-order valence-electron chi connectivity index (χ4n) is 2.28.